The summed E-state index contributed by atoms with van der Waals surface area (Å²) < 4.78 is 2.67. The fraction of sp³-hybridized carbons (Fsp3) is 0.238. The lowest BCUT2D eigenvalue weighted by Gasteiger charge is -2.18. The first-order chi connectivity index (χ1) is 13.1. The van der Waals surface area contributed by atoms with Gasteiger partial charge in [-0.05, 0) is 76.8 Å². The van der Waals surface area contributed by atoms with E-state index in [1.54, 1.807) is 23.0 Å². The van der Waals surface area contributed by atoms with Crippen LogP contribution in [0.15, 0.2) is 65.4 Å². The molecule has 1 aliphatic heterocycles. The number of aromatic nitrogens is 2. The number of carbonyl (C=O) groups is 1. The molecule has 1 unspecified atom stereocenters. The first-order valence-corrected chi connectivity index (χ1v) is 9.85. The molecule has 27 heavy (non-hydrogen) atoms. The van der Waals surface area contributed by atoms with Gasteiger partial charge in [-0.3, -0.25) is 4.79 Å². The third-order valence-corrected chi connectivity index (χ3v) is 5.27. The topological polar surface area (TPSA) is 50.2 Å². The molecule has 1 saturated heterocycles. The second-order valence-corrected chi connectivity index (χ2v) is 7.91. The van der Waals surface area contributed by atoms with Crippen molar-refractivity contribution in [3.63, 3.8) is 0 Å². The van der Waals surface area contributed by atoms with Gasteiger partial charge in [-0.15, -0.1) is 0 Å². The molecule has 2 aromatic carbocycles. The van der Waals surface area contributed by atoms with Gasteiger partial charge in [-0.2, -0.15) is 5.10 Å². The highest BCUT2D eigenvalue weighted by atomic mass is 79.9. The largest absolute Gasteiger partial charge is 0.371 e. The molecule has 0 bridgehead atoms. The maximum absolute atomic E-state index is 12.5. The van der Waals surface area contributed by atoms with Crippen LogP contribution in [0.25, 0.3) is 5.69 Å². The van der Waals surface area contributed by atoms with Crippen LogP contribution in [0.4, 0.5) is 11.4 Å². The van der Waals surface area contributed by atoms with Crippen LogP contribution >= 0.6 is 15.9 Å². The molecular weight excluding hydrogens is 404 g/mol. The molecule has 138 valence electrons. The van der Waals surface area contributed by atoms with E-state index in [1.165, 1.54) is 12.1 Å². The van der Waals surface area contributed by atoms with Gasteiger partial charge in [0.1, 0.15) is 0 Å². The summed E-state index contributed by atoms with van der Waals surface area (Å²) in [6, 6.07) is 15.5. The fourth-order valence-electron chi connectivity index (χ4n) is 3.34. The predicted octanol–water partition coefficient (Wildman–Crippen LogP) is 4.73. The Bertz CT molecular complexity index is 934. The van der Waals surface area contributed by atoms with Gasteiger partial charge in [0.2, 0.25) is 0 Å². The van der Waals surface area contributed by atoms with Crippen molar-refractivity contribution in [1.82, 2.24) is 9.78 Å². The van der Waals surface area contributed by atoms with Gasteiger partial charge in [0.15, 0.2) is 0 Å². The minimum atomic E-state index is -0.120. The van der Waals surface area contributed by atoms with E-state index in [-0.39, 0.29) is 5.91 Å². The van der Waals surface area contributed by atoms with Crippen molar-refractivity contribution in [2.75, 3.05) is 23.3 Å². The monoisotopic (exact) mass is 424 g/mol. The maximum Gasteiger partial charge on any atom is 0.255 e. The molecule has 1 amide bonds. The van der Waals surface area contributed by atoms with E-state index in [1.807, 2.05) is 30.5 Å². The Morgan fingerprint density at radius 2 is 1.81 bits per heavy atom. The first kappa shape index (κ1) is 17.8. The van der Waals surface area contributed by atoms with Crippen LogP contribution in [0.5, 0.6) is 0 Å². The highest BCUT2D eigenvalue weighted by molar-refractivity contribution is 9.10. The number of benzene rings is 2. The lowest BCUT2D eigenvalue weighted by Crippen LogP contribution is -2.19. The molecule has 0 aliphatic carbocycles. The number of amides is 1. The van der Waals surface area contributed by atoms with Crippen LogP contribution in [0.1, 0.15) is 23.7 Å². The molecule has 6 heteroatoms. The van der Waals surface area contributed by atoms with Gasteiger partial charge >= 0.3 is 0 Å². The Balaban J connectivity index is 1.41. The predicted molar refractivity (Wildman–Crippen MR) is 112 cm³/mol. The van der Waals surface area contributed by atoms with Gasteiger partial charge in [0.05, 0.1) is 16.4 Å². The summed E-state index contributed by atoms with van der Waals surface area (Å²) in [6.07, 6.45) is 4.84. The second kappa shape index (κ2) is 7.56. The van der Waals surface area contributed by atoms with Crippen molar-refractivity contribution in [1.29, 1.82) is 0 Å². The summed E-state index contributed by atoms with van der Waals surface area (Å²) in [5, 5.41) is 7.20. The maximum atomic E-state index is 12.5. The van der Waals surface area contributed by atoms with Crippen molar-refractivity contribution in [3.05, 3.63) is 71.0 Å². The number of rotatable bonds is 4. The molecule has 0 spiro atoms. The zero-order valence-electron chi connectivity index (χ0n) is 15.1. The van der Waals surface area contributed by atoms with Gasteiger partial charge in [0.25, 0.3) is 5.91 Å². The molecule has 3 aromatic rings. The molecule has 5 nitrogen and oxygen atoms in total. The molecule has 1 fully saturated rings. The van der Waals surface area contributed by atoms with Crippen molar-refractivity contribution in [2.24, 2.45) is 5.92 Å². The third kappa shape index (κ3) is 4.06. The summed E-state index contributed by atoms with van der Waals surface area (Å²) in [5.41, 5.74) is 3.53. The smallest absolute Gasteiger partial charge is 0.255 e. The van der Waals surface area contributed by atoms with E-state index in [4.69, 9.17) is 0 Å². The van der Waals surface area contributed by atoms with Crippen molar-refractivity contribution in [2.45, 2.75) is 13.3 Å². The van der Waals surface area contributed by atoms with Crippen molar-refractivity contribution >= 4 is 33.2 Å². The fourth-order valence-corrected chi connectivity index (χ4v) is 3.62. The van der Waals surface area contributed by atoms with Gasteiger partial charge in [-0.1, -0.05) is 6.92 Å². The average Bonchev–Trinajstić information content (AvgIpc) is 3.31. The number of halogens is 1. The molecule has 1 aliphatic rings. The van der Waals surface area contributed by atoms with E-state index < -0.39 is 0 Å². The van der Waals surface area contributed by atoms with Gasteiger partial charge in [0, 0.05) is 36.2 Å². The van der Waals surface area contributed by atoms with Crippen LogP contribution in [-0.2, 0) is 0 Å². The number of nitrogens with zero attached hydrogens (tertiary/aromatic N) is 3. The molecular formula is C21H21BrN4O. The summed E-state index contributed by atoms with van der Waals surface area (Å²) in [7, 11) is 0. The van der Waals surface area contributed by atoms with Crippen LogP contribution in [0, 0.1) is 5.92 Å². The quantitative estimate of drug-likeness (QED) is 0.658. The Morgan fingerprint density at radius 3 is 2.41 bits per heavy atom. The molecule has 1 aromatic heterocycles. The number of nitrogens with one attached hydrogen (secondary N) is 1. The molecule has 2 heterocycles. The molecule has 1 atom stereocenters. The first-order valence-electron chi connectivity index (χ1n) is 9.05. The Morgan fingerprint density at radius 1 is 1.11 bits per heavy atom. The van der Waals surface area contributed by atoms with Gasteiger partial charge < -0.3 is 10.2 Å². The summed E-state index contributed by atoms with van der Waals surface area (Å²) >= 11 is 3.38. The number of hydrogen-bond donors (Lipinski definition) is 1. The zero-order chi connectivity index (χ0) is 18.8. The van der Waals surface area contributed by atoms with E-state index in [0.29, 0.717) is 5.56 Å². The zero-order valence-corrected chi connectivity index (χ0v) is 16.7. The van der Waals surface area contributed by atoms with Crippen molar-refractivity contribution < 1.29 is 4.79 Å². The van der Waals surface area contributed by atoms with Crippen molar-refractivity contribution in [3.8, 4) is 5.69 Å². The lowest BCUT2D eigenvalue weighted by atomic mass is 10.2. The molecule has 0 radical (unpaired) electrons. The van der Waals surface area contributed by atoms with E-state index in [2.05, 4.69) is 50.3 Å². The minimum absolute atomic E-state index is 0.120. The normalized spacial score (nSPS) is 16.5. The Kier molecular flexibility index (Phi) is 4.99. The van der Waals surface area contributed by atoms with E-state index >= 15 is 0 Å². The molecule has 0 saturated carbocycles. The second-order valence-electron chi connectivity index (χ2n) is 6.99. The highest BCUT2D eigenvalue weighted by Crippen LogP contribution is 2.25. The van der Waals surface area contributed by atoms with Crippen LogP contribution in [-0.4, -0.2) is 28.8 Å². The molecule has 1 N–H and O–H groups in total. The number of hydrogen-bond acceptors (Lipinski definition) is 3. The summed E-state index contributed by atoms with van der Waals surface area (Å²) in [5.74, 6) is 0.626. The SMILES string of the molecule is CC1CCN(c2ccc(NC(=O)c3ccc(-n4cc(Br)cn4)cc3)cc2)C1. The van der Waals surface area contributed by atoms with Gasteiger partial charge in [-0.25, -0.2) is 4.68 Å². The number of carbonyl (C=O) groups excluding carboxylic acids is 1. The van der Waals surface area contributed by atoms with Crippen LogP contribution in [0.3, 0.4) is 0 Å². The lowest BCUT2D eigenvalue weighted by molar-refractivity contribution is 0.102. The summed E-state index contributed by atoms with van der Waals surface area (Å²) in [6.45, 7) is 4.49. The Labute approximate surface area is 167 Å². The minimum Gasteiger partial charge on any atom is -0.371 e. The highest BCUT2D eigenvalue weighted by Gasteiger charge is 2.18. The molecule has 4 rings (SSSR count). The number of anilines is 2. The van der Waals surface area contributed by atoms with E-state index in [0.717, 1.165) is 34.9 Å². The third-order valence-electron chi connectivity index (χ3n) is 4.86. The van der Waals surface area contributed by atoms with E-state index in [9.17, 15) is 4.79 Å². The standard InChI is InChI=1S/C21H21BrN4O/c1-15-10-11-25(13-15)19-8-4-18(5-9-19)24-21(27)16-2-6-20(7-3-16)26-14-17(22)12-23-26/h2-9,12,14-15H,10-11,13H2,1H3,(H,24,27). The Hall–Kier alpha value is -2.60. The average molecular weight is 425 g/mol. The summed E-state index contributed by atoms with van der Waals surface area (Å²) in [4.78, 5) is 14.9. The van der Waals surface area contributed by atoms with Crippen LogP contribution in [0.2, 0.25) is 0 Å². The van der Waals surface area contributed by atoms with Crippen LogP contribution < -0.4 is 10.2 Å².